The van der Waals surface area contributed by atoms with E-state index in [0.717, 1.165) is 43.3 Å². The van der Waals surface area contributed by atoms with Gasteiger partial charge in [-0.25, -0.2) is 14.8 Å². The highest BCUT2D eigenvalue weighted by molar-refractivity contribution is 5.86. The minimum atomic E-state index is -0.970. The first-order valence-electron chi connectivity index (χ1n) is 11.2. The zero-order valence-corrected chi connectivity index (χ0v) is 19.3. The van der Waals surface area contributed by atoms with E-state index in [0.29, 0.717) is 29.4 Å². The van der Waals surface area contributed by atoms with Gasteiger partial charge in [-0.05, 0) is 61.8 Å². The number of hydrogen-bond donors (Lipinski definition) is 1. The van der Waals surface area contributed by atoms with Crippen molar-refractivity contribution in [3.05, 3.63) is 47.9 Å². The summed E-state index contributed by atoms with van der Waals surface area (Å²) in [5.74, 6) is 0.713. The maximum atomic E-state index is 12.1. The largest absolute Gasteiger partial charge is 0.481 e. The first-order chi connectivity index (χ1) is 15.8. The van der Waals surface area contributed by atoms with E-state index in [4.69, 9.17) is 4.74 Å². The minimum absolute atomic E-state index is 0.0105. The second-order valence-corrected chi connectivity index (χ2v) is 9.31. The van der Waals surface area contributed by atoms with Crippen molar-refractivity contribution < 1.29 is 14.6 Å². The average molecular weight is 448 g/mol. The van der Waals surface area contributed by atoms with Crippen molar-refractivity contribution in [1.29, 1.82) is 5.26 Å². The van der Waals surface area contributed by atoms with Gasteiger partial charge in [0, 0.05) is 19.2 Å². The lowest BCUT2D eigenvalue weighted by Crippen LogP contribution is -2.39. The summed E-state index contributed by atoms with van der Waals surface area (Å²) in [6, 6.07) is 11.2. The summed E-state index contributed by atoms with van der Waals surface area (Å²) in [7, 11) is 1.55. The molecule has 1 aliphatic carbocycles. The Balaban J connectivity index is 1.52. The number of carbonyl (C=O) groups is 1. The Hall–Kier alpha value is -3.60. The van der Waals surface area contributed by atoms with Gasteiger partial charge < -0.3 is 14.4 Å². The summed E-state index contributed by atoms with van der Waals surface area (Å²) in [6.07, 6.45) is 4.89. The quantitative estimate of drug-likeness (QED) is 0.570. The Bertz CT molecular complexity index is 1210. The molecular formula is C25H29N5O3. The van der Waals surface area contributed by atoms with Crippen LogP contribution in [0.15, 0.2) is 36.7 Å². The molecule has 2 heterocycles. The summed E-state index contributed by atoms with van der Waals surface area (Å²) in [5.41, 5.74) is 3.70. The molecule has 2 aromatic heterocycles. The number of anilines is 1. The first kappa shape index (κ1) is 22.6. The summed E-state index contributed by atoms with van der Waals surface area (Å²) in [4.78, 5) is 22.4. The fourth-order valence-electron chi connectivity index (χ4n) is 5.15. The van der Waals surface area contributed by atoms with Crippen molar-refractivity contribution in [3.63, 3.8) is 0 Å². The maximum Gasteiger partial charge on any atom is 0.411 e. The van der Waals surface area contributed by atoms with E-state index in [9.17, 15) is 15.2 Å². The van der Waals surface area contributed by atoms with Gasteiger partial charge in [0.1, 0.15) is 0 Å². The molecule has 8 heteroatoms. The lowest BCUT2D eigenvalue weighted by atomic mass is 9.70. The number of aryl methyl sites for hydroxylation is 1. The Morgan fingerprint density at radius 1 is 1.39 bits per heavy atom. The summed E-state index contributed by atoms with van der Waals surface area (Å²) >= 11 is 0. The Labute approximate surface area is 193 Å². The van der Waals surface area contributed by atoms with Crippen molar-refractivity contribution in [2.24, 2.45) is 11.3 Å². The molecule has 0 saturated heterocycles. The number of hydrogen-bond acceptors (Lipinski definition) is 5. The molecule has 8 nitrogen and oxygen atoms in total. The minimum Gasteiger partial charge on any atom is -0.481 e. The van der Waals surface area contributed by atoms with Gasteiger partial charge in [0.05, 0.1) is 47.5 Å². The molecule has 2 atom stereocenters. The van der Waals surface area contributed by atoms with Gasteiger partial charge in [0.15, 0.2) is 0 Å². The van der Waals surface area contributed by atoms with Crippen LogP contribution in [0.4, 0.5) is 10.5 Å². The van der Waals surface area contributed by atoms with E-state index in [1.54, 1.807) is 32.2 Å². The standard InChI is InChI=1S/C25H29N5O3/c1-17-21(8-9-23(28-17)33-3)30(24(31)32)14-19-5-4-10-25(2,12-19)15-29-16-27-20-7-6-18(13-26)11-22(20)29/h6-9,11,16,19H,4-5,10,12,14-15H2,1-3H3,(H,31,32). The van der Waals surface area contributed by atoms with Crippen LogP contribution in [0.5, 0.6) is 5.88 Å². The van der Waals surface area contributed by atoms with Crippen LogP contribution >= 0.6 is 0 Å². The molecule has 4 rings (SSSR count). The van der Waals surface area contributed by atoms with Crippen molar-refractivity contribution in [1.82, 2.24) is 14.5 Å². The summed E-state index contributed by atoms with van der Waals surface area (Å²) in [5, 5.41) is 19.2. The second-order valence-electron chi connectivity index (χ2n) is 9.31. The third kappa shape index (κ3) is 4.77. The third-order valence-corrected chi connectivity index (χ3v) is 6.68. The average Bonchev–Trinajstić information content (AvgIpc) is 3.18. The Morgan fingerprint density at radius 2 is 2.21 bits per heavy atom. The number of imidazole rings is 1. The van der Waals surface area contributed by atoms with Crippen LogP contribution in [0.2, 0.25) is 0 Å². The zero-order valence-electron chi connectivity index (χ0n) is 19.3. The van der Waals surface area contributed by atoms with Gasteiger partial charge in [0.2, 0.25) is 5.88 Å². The van der Waals surface area contributed by atoms with Gasteiger partial charge in [-0.1, -0.05) is 13.3 Å². The van der Waals surface area contributed by atoms with Gasteiger partial charge in [0.25, 0.3) is 0 Å². The number of rotatable bonds is 6. The number of carboxylic acid groups (broad SMARTS) is 1. The van der Waals surface area contributed by atoms with E-state index in [1.807, 2.05) is 18.5 Å². The molecule has 33 heavy (non-hydrogen) atoms. The molecule has 1 N–H and O–H groups in total. The van der Waals surface area contributed by atoms with E-state index in [2.05, 4.69) is 27.5 Å². The number of aromatic nitrogens is 3. The molecule has 3 aromatic rings. The highest BCUT2D eigenvalue weighted by Gasteiger charge is 2.35. The molecular weight excluding hydrogens is 418 g/mol. The smallest absolute Gasteiger partial charge is 0.411 e. The van der Waals surface area contributed by atoms with Crippen LogP contribution in [0.3, 0.4) is 0 Å². The van der Waals surface area contributed by atoms with E-state index in [1.165, 1.54) is 4.90 Å². The number of benzene rings is 1. The van der Waals surface area contributed by atoms with Crippen molar-refractivity contribution >= 4 is 22.8 Å². The maximum absolute atomic E-state index is 12.1. The number of pyridine rings is 1. The summed E-state index contributed by atoms with van der Waals surface area (Å²) < 4.78 is 7.29. The van der Waals surface area contributed by atoms with Crippen molar-refractivity contribution in [2.75, 3.05) is 18.6 Å². The molecule has 1 amide bonds. The molecule has 1 aliphatic rings. The van der Waals surface area contributed by atoms with Crippen LogP contribution in [0, 0.1) is 29.6 Å². The molecule has 0 spiro atoms. The molecule has 1 saturated carbocycles. The predicted octanol–water partition coefficient (Wildman–Crippen LogP) is 5.00. The molecule has 1 fully saturated rings. The molecule has 0 aliphatic heterocycles. The monoisotopic (exact) mass is 447 g/mol. The normalized spacial score (nSPS) is 20.4. The number of methoxy groups -OCH3 is 1. The van der Waals surface area contributed by atoms with Gasteiger partial charge in [-0.2, -0.15) is 5.26 Å². The third-order valence-electron chi connectivity index (χ3n) is 6.68. The summed E-state index contributed by atoms with van der Waals surface area (Å²) in [6.45, 7) is 5.29. The van der Waals surface area contributed by atoms with Crippen molar-refractivity contribution in [2.45, 2.75) is 46.1 Å². The SMILES string of the molecule is COc1ccc(N(CC2CCCC(C)(Cn3cnc4ccc(C#N)cc43)C2)C(=O)O)c(C)n1. The number of ether oxygens (including phenoxy) is 1. The van der Waals surface area contributed by atoms with Gasteiger partial charge in [-0.3, -0.25) is 4.90 Å². The molecule has 1 aromatic carbocycles. The molecule has 2 unspecified atom stereocenters. The number of nitriles is 1. The Morgan fingerprint density at radius 3 is 2.91 bits per heavy atom. The van der Waals surface area contributed by atoms with Crippen LogP contribution in [0.25, 0.3) is 11.0 Å². The van der Waals surface area contributed by atoms with Gasteiger partial charge >= 0.3 is 6.09 Å². The fourth-order valence-corrected chi connectivity index (χ4v) is 5.15. The number of amides is 1. The van der Waals surface area contributed by atoms with E-state index >= 15 is 0 Å². The highest BCUT2D eigenvalue weighted by atomic mass is 16.5. The predicted molar refractivity (Wildman–Crippen MR) is 125 cm³/mol. The highest BCUT2D eigenvalue weighted by Crippen LogP contribution is 2.42. The van der Waals surface area contributed by atoms with Crippen molar-refractivity contribution in [3.8, 4) is 11.9 Å². The van der Waals surface area contributed by atoms with Crippen LogP contribution in [0.1, 0.15) is 43.9 Å². The van der Waals surface area contributed by atoms with Gasteiger partial charge in [-0.15, -0.1) is 0 Å². The first-order valence-corrected chi connectivity index (χ1v) is 11.2. The van der Waals surface area contributed by atoms with E-state index in [-0.39, 0.29) is 11.3 Å². The van der Waals surface area contributed by atoms with Crippen LogP contribution < -0.4 is 9.64 Å². The number of nitrogens with zero attached hydrogens (tertiary/aromatic N) is 5. The second kappa shape index (κ2) is 9.10. The molecule has 0 bridgehead atoms. The molecule has 0 radical (unpaired) electrons. The number of fused-ring (bicyclic) bond motifs is 1. The molecule has 172 valence electrons. The lowest BCUT2D eigenvalue weighted by Gasteiger charge is -2.40. The Kier molecular flexibility index (Phi) is 6.23. The topological polar surface area (TPSA) is 104 Å². The van der Waals surface area contributed by atoms with E-state index < -0.39 is 6.09 Å². The lowest BCUT2D eigenvalue weighted by molar-refractivity contribution is 0.136. The fraction of sp³-hybridized carbons (Fsp3) is 0.440. The van der Waals surface area contributed by atoms with Crippen LogP contribution in [-0.4, -0.2) is 39.4 Å². The van der Waals surface area contributed by atoms with Crippen LogP contribution in [-0.2, 0) is 6.54 Å². The zero-order chi connectivity index (χ0) is 23.6.